The Kier molecular flexibility index (Phi) is 8.95. The smallest absolute Gasteiger partial charge is 0.229 e. The molecule has 0 saturated carbocycles. The summed E-state index contributed by atoms with van der Waals surface area (Å²) in [5.74, 6) is -0.485. The number of halogens is 1. The van der Waals surface area contributed by atoms with Crippen molar-refractivity contribution in [2.75, 3.05) is 11.9 Å². The minimum absolute atomic E-state index is 0.0264. The molecule has 0 bridgehead atoms. The van der Waals surface area contributed by atoms with E-state index in [-0.39, 0.29) is 23.5 Å². The zero-order valence-corrected chi connectivity index (χ0v) is 15.8. The Balaban J connectivity index is 1.41. The number of carbonyl (C=O) groups excluding carboxylic acids is 3. The maximum Gasteiger partial charge on any atom is 0.229 e. The first-order chi connectivity index (χ1) is 13.1. The molecule has 1 aromatic rings. The topological polar surface area (TPSA) is 66.5 Å². The number of likely N-dealkylation sites (tertiary alicyclic amines) is 1. The maximum atomic E-state index is 13.0. The van der Waals surface area contributed by atoms with Gasteiger partial charge in [-0.3, -0.25) is 19.3 Å². The molecule has 3 amide bonds. The van der Waals surface area contributed by atoms with Crippen LogP contribution in [0, 0.1) is 5.82 Å². The fourth-order valence-electron chi connectivity index (χ4n) is 3.28. The molecule has 0 radical (unpaired) electrons. The summed E-state index contributed by atoms with van der Waals surface area (Å²) in [4.78, 5) is 36.2. The van der Waals surface area contributed by atoms with Gasteiger partial charge < -0.3 is 5.32 Å². The summed E-state index contributed by atoms with van der Waals surface area (Å²) in [5, 5.41) is 2.71. The Morgan fingerprint density at radius 2 is 1.52 bits per heavy atom. The number of carbonyl (C=O) groups is 3. The highest BCUT2D eigenvalue weighted by atomic mass is 19.1. The molecule has 6 heteroatoms. The normalized spacial score (nSPS) is 14.0. The lowest BCUT2D eigenvalue weighted by molar-refractivity contribution is -0.138. The Labute approximate surface area is 160 Å². The second kappa shape index (κ2) is 11.5. The van der Waals surface area contributed by atoms with E-state index in [4.69, 9.17) is 0 Å². The quantitative estimate of drug-likeness (QED) is 0.434. The van der Waals surface area contributed by atoms with Gasteiger partial charge in [0.15, 0.2) is 0 Å². The molecular weight excluding hydrogens is 347 g/mol. The molecule has 5 nitrogen and oxygen atoms in total. The number of anilines is 1. The number of amides is 3. The van der Waals surface area contributed by atoms with Crippen LogP contribution in [0.15, 0.2) is 24.3 Å². The SMILES string of the molecule is O=C(CCCCCCCCCCN1C(=O)CCC1=O)Nc1cccc(F)c1. The van der Waals surface area contributed by atoms with Crippen LogP contribution in [0.5, 0.6) is 0 Å². The van der Waals surface area contributed by atoms with E-state index in [1.807, 2.05) is 0 Å². The van der Waals surface area contributed by atoms with Gasteiger partial charge in [-0.25, -0.2) is 4.39 Å². The molecular formula is C21H29FN2O3. The zero-order chi connectivity index (χ0) is 19.5. The van der Waals surface area contributed by atoms with E-state index in [9.17, 15) is 18.8 Å². The van der Waals surface area contributed by atoms with Crippen LogP contribution < -0.4 is 5.32 Å². The fraction of sp³-hybridized carbons (Fsp3) is 0.571. The van der Waals surface area contributed by atoms with E-state index in [1.165, 1.54) is 17.0 Å². The van der Waals surface area contributed by atoms with Gasteiger partial charge in [0.25, 0.3) is 0 Å². The van der Waals surface area contributed by atoms with Crippen LogP contribution in [0.3, 0.4) is 0 Å². The van der Waals surface area contributed by atoms with E-state index in [0.29, 0.717) is 31.5 Å². The summed E-state index contributed by atoms with van der Waals surface area (Å²) in [7, 11) is 0. The molecule has 0 unspecified atom stereocenters. The van der Waals surface area contributed by atoms with Crippen LogP contribution in [0.1, 0.15) is 70.6 Å². The monoisotopic (exact) mass is 376 g/mol. The van der Waals surface area contributed by atoms with Gasteiger partial charge in [0, 0.05) is 31.5 Å². The molecule has 1 N–H and O–H groups in total. The number of nitrogens with one attached hydrogen (secondary N) is 1. The molecule has 27 heavy (non-hydrogen) atoms. The average molecular weight is 376 g/mol. The molecule has 1 aromatic carbocycles. The predicted molar refractivity (Wildman–Crippen MR) is 103 cm³/mol. The number of hydrogen-bond acceptors (Lipinski definition) is 3. The summed E-state index contributed by atoms with van der Waals surface area (Å²) in [5.41, 5.74) is 0.498. The highest BCUT2D eigenvalue weighted by molar-refractivity contribution is 6.01. The van der Waals surface area contributed by atoms with Crippen molar-refractivity contribution in [2.45, 2.75) is 70.6 Å². The fourth-order valence-corrected chi connectivity index (χ4v) is 3.28. The first-order valence-corrected chi connectivity index (χ1v) is 9.95. The Bertz CT molecular complexity index is 632. The van der Waals surface area contributed by atoms with E-state index >= 15 is 0 Å². The zero-order valence-electron chi connectivity index (χ0n) is 15.8. The van der Waals surface area contributed by atoms with Gasteiger partial charge in [0.1, 0.15) is 5.82 Å². The van der Waals surface area contributed by atoms with Gasteiger partial charge in [0.05, 0.1) is 0 Å². The molecule has 1 fully saturated rings. The minimum Gasteiger partial charge on any atom is -0.326 e. The number of nitrogens with zero attached hydrogens (tertiary/aromatic N) is 1. The first-order valence-electron chi connectivity index (χ1n) is 9.95. The van der Waals surface area contributed by atoms with Crippen LogP contribution in [0.2, 0.25) is 0 Å². The average Bonchev–Trinajstić information content (AvgIpc) is 2.95. The summed E-state index contributed by atoms with van der Waals surface area (Å²) >= 11 is 0. The highest BCUT2D eigenvalue weighted by Gasteiger charge is 2.27. The van der Waals surface area contributed by atoms with Gasteiger partial charge in [-0.05, 0) is 31.0 Å². The number of benzene rings is 1. The summed E-state index contributed by atoms with van der Waals surface area (Å²) in [6.07, 6.45) is 9.43. The third-order valence-corrected chi connectivity index (χ3v) is 4.80. The number of rotatable bonds is 12. The third kappa shape index (κ3) is 7.89. The minimum atomic E-state index is -0.355. The molecule has 1 aliphatic rings. The Morgan fingerprint density at radius 1 is 0.926 bits per heavy atom. The molecule has 1 heterocycles. The van der Waals surface area contributed by atoms with Crippen molar-refractivity contribution >= 4 is 23.4 Å². The lowest BCUT2D eigenvalue weighted by Gasteiger charge is -2.13. The lowest BCUT2D eigenvalue weighted by atomic mass is 10.1. The summed E-state index contributed by atoms with van der Waals surface area (Å²) < 4.78 is 13.0. The van der Waals surface area contributed by atoms with Gasteiger partial charge in [-0.2, -0.15) is 0 Å². The van der Waals surface area contributed by atoms with Crippen LogP contribution in [-0.4, -0.2) is 29.2 Å². The second-order valence-corrected chi connectivity index (χ2v) is 7.08. The molecule has 148 valence electrons. The first kappa shape index (κ1) is 21.1. The van der Waals surface area contributed by atoms with Crippen LogP contribution in [0.25, 0.3) is 0 Å². The Hall–Kier alpha value is -2.24. The van der Waals surface area contributed by atoms with E-state index in [1.54, 1.807) is 12.1 Å². The van der Waals surface area contributed by atoms with Gasteiger partial charge in [0.2, 0.25) is 17.7 Å². The standard InChI is InChI=1S/C21H29FN2O3/c22-17-10-9-11-18(16-17)23-19(25)12-7-5-3-1-2-4-6-8-15-24-20(26)13-14-21(24)27/h9-11,16H,1-8,12-15H2,(H,23,25). The predicted octanol–water partition coefficient (Wildman–Crippen LogP) is 4.42. The number of hydrogen-bond donors (Lipinski definition) is 1. The molecule has 0 aromatic heterocycles. The van der Waals surface area contributed by atoms with Gasteiger partial charge >= 0.3 is 0 Å². The lowest BCUT2D eigenvalue weighted by Crippen LogP contribution is -2.29. The molecule has 1 saturated heterocycles. The van der Waals surface area contributed by atoms with Crippen molar-refractivity contribution in [1.82, 2.24) is 4.90 Å². The van der Waals surface area contributed by atoms with Crippen molar-refractivity contribution < 1.29 is 18.8 Å². The summed E-state index contributed by atoms with van der Waals surface area (Å²) in [6, 6.07) is 5.91. The maximum absolute atomic E-state index is 13.0. The van der Waals surface area contributed by atoms with Crippen molar-refractivity contribution in [3.05, 3.63) is 30.1 Å². The highest BCUT2D eigenvalue weighted by Crippen LogP contribution is 2.15. The van der Waals surface area contributed by atoms with Gasteiger partial charge in [-0.1, -0.05) is 44.6 Å². The van der Waals surface area contributed by atoms with E-state index in [2.05, 4.69) is 5.32 Å². The Morgan fingerprint density at radius 3 is 2.15 bits per heavy atom. The molecule has 1 aliphatic heterocycles. The van der Waals surface area contributed by atoms with Crippen molar-refractivity contribution in [3.8, 4) is 0 Å². The molecule has 0 spiro atoms. The largest absolute Gasteiger partial charge is 0.326 e. The van der Waals surface area contributed by atoms with Crippen molar-refractivity contribution in [1.29, 1.82) is 0 Å². The van der Waals surface area contributed by atoms with Crippen molar-refractivity contribution in [3.63, 3.8) is 0 Å². The molecule has 0 aliphatic carbocycles. The number of unbranched alkanes of at least 4 members (excludes halogenated alkanes) is 7. The van der Waals surface area contributed by atoms with Crippen LogP contribution in [0.4, 0.5) is 10.1 Å². The van der Waals surface area contributed by atoms with Gasteiger partial charge in [-0.15, -0.1) is 0 Å². The molecule has 0 atom stereocenters. The third-order valence-electron chi connectivity index (χ3n) is 4.80. The second-order valence-electron chi connectivity index (χ2n) is 7.08. The van der Waals surface area contributed by atoms with E-state index in [0.717, 1.165) is 51.4 Å². The van der Waals surface area contributed by atoms with Crippen LogP contribution in [-0.2, 0) is 14.4 Å². The number of imide groups is 1. The van der Waals surface area contributed by atoms with E-state index < -0.39 is 0 Å². The van der Waals surface area contributed by atoms with Crippen molar-refractivity contribution in [2.24, 2.45) is 0 Å². The summed E-state index contributed by atoms with van der Waals surface area (Å²) in [6.45, 7) is 0.568. The molecule has 2 rings (SSSR count). The van der Waals surface area contributed by atoms with Crippen LogP contribution >= 0.6 is 0 Å².